The zero-order chi connectivity index (χ0) is 22.8. The summed E-state index contributed by atoms with van der Waals surface area (Å²) in [5.74, 6) is 1.24. The van der Waals surface area contributed by atoms with Crippen molar-refractivity contribution in [2.45, 2.75) is 30.6 Å². The summed E-state index contributed by atoms with van der Waals surface area (Å²) in [6, 6.07) is 10.6. The van der Waals surface area contributed by atoms with Gasteiger partial charge < -0.3 is 10.2 Å². The molecule has 0 radical (unpaired) electrons. The second-order valence-electron chi connectivity index (χ2n) is 7.74. The van der Waals surface area contributed by atoms with Gasteiger partial charge in [0.15, 0.2) is 0 Å². The smallest absolute Gasteiger partial charge is 0.343 e. The number of likely N-dealkylation sites (N-methyl/N-ethyl adjacent to an activating group) is 1. The molecular formula is C22H23BrClF3N2OS. The van der Waals surface area contributed by atoms with E-state index in [-0.39, 0.29) is 11.1 Å². The Morgan fingerprint density at radius 2 is 1.84 bits per heavy atom. The van der Waals surface area contributed by atoms with E-state index in [2.05, 4.69) is 26.1 Å². The van der Waals surface area contributed by atoms with E-state index in [9.17, 15) is 18.0 Å². The van der Waals surface area contributed by atoms with Crippen LogP contribution in [0.25, 0.3) is 0 Å². The Morgan fingerprint density at radius 3 is 2.42 bits per heavy atom. The quantitative estimate of drug-likeness (QED) is 0.480. The van der Waals surface area contributed by atoms with Crippen molar-refractivity contribution >= 4 is 45.2 Å². The molecular weight excluding hydrogens is 513 g/mol. The lowest BCUT2D eigenvalue weighted by Gasteiger charge is -2.48. The maximum Gasteiger partial charge on any atom is 0.417 e. The van der Waals surface area contributed by atoms with E-state index >= 15 is 0 Å². The van der Waals surface area contributed by atoms with Crippen molar-refractivity contribution in [1.29, 1.82) is 0 Å². The van der Waals surface area contributed by atoms with Crippen LogP contribution >= 0.6 is 39.3 Å². The Kier molecular flexibility index (Phi) is 7.66. The van der Waals surface area contributed by atoms with E-state index in [1.165, 1.54) is 12.1 Å². The third-order valence-electron chi connectivity index (χ3n) is 5.79. The van der Waals surface area contributed by atoms with Crippen LogP contribution in [0.3, 0.4) is 0 Å². The van der Waals surface area contributed by atoms with Crippen molar-refractivity contribution in [1.82, 2.24) is 10.2 Å². The molecule has 1 unspecified atom stereocenters. The molecule has 3 rings (SSSR count). The van der Waals surface area contributed by atoms with Crippen LogP contribution in [0.2, 0.25) is 5.02 Å². The number of nitrogens with one attached hydrogen (secondary N) is 1. The number of nitrogens with zero attached hydrogens (tertiary/aromatic N) is 1. The highest BCUT2D eigenvalue weighted by molar-refractivity contribution is 9.10. The van der Waals surface area contributed by atoms with Crippen LogP contribution in [0.15, 0.2) is 46.9 Å². The van der Waals surface area contributed by atoms with Crippen LogP contribution in [-0.4, -0.2) is 41.9 Å². The Hall–Kier alpha value is -1.22. The molecule has 168 valence electrons. The zero-order valence-electron chi connectivity index (χ0n) is 17.1. The number of carbonyl (C=O) groups is 1. The number of halogens is 5. The van der Waals surface area contributed by atoms with Crippen molar-refractivity contribution < 1.29 is 18.0 Å². The second-order valence-corrected chi connectivity index (χ2v) is 10.3. The Labute approximate surface area is 197 Å². The molecule has 1 N–H and O–H groups in total. The molecule has 31 heavy (non-hydrogen) atoms. The fourth-order valence-corrected chi connectivity index (χ4v) is 6.00. The molecule has 1 saturated heterocycles. The largest absolute Gasteiger partial charge is 0.417 e. The van der Waals surface area contributed by atoms with Crippen molar-refractivity contribution in [3.8, 4) is 0 Å². The summed E-state index contributed by atoms with van der Waals surface area (Å²) in [6.07, 6.45) is -2.97. The lowest BCUT2D eigenvalue weighted by atomic mass is 9.79. The lowest BCUT2D eigenvalue weighted by molar-refractivity contribution is -0.137. The SMILES string of the molecule is CN(C)C1(C(NC(=O)c2cccc(C(F)(F)F)c2Cl)c2cccc(Br)c2)CCSCC1. The van der Waals surface area contributed by atoms with E-state index in [4.69, 9.17) is 11.6 Å². The molecule has 9 heteroatoms. The monoisotopic (exact) mass is 534 g/mol. The molecule has 0 saturated carbocycles. The summed E-state index contributed by atoms with van der Waals surface area (Å²) >= 11 is 11.4. The lowest BCUT2D eigenvalue weighted by Crippen LogP contribution is -2.56. The summed E-state index contributed by atoms with van der Waals surface area (Å²) in [5, 5.41) is 2.44. The van der Waals surface area contributed by atoms with Crippen LogP contribution < -0.4 is 5.32 Å². The first-order valence-corrected chi connectivity index (χ1v) is 12.1. The van der Waals surface area contributed by atoms with Crippen molar-refractivity contribution in [3.05, 3.63) is 68.7 Å². The van der Waals surface area contributed by atoms with Crippen LogP contribution in [0.5, 0.6) is 0 Å². The van der Waals surface area contributed by atoms with Gasteiger partial charge in [-0.05, 0) is 68.3 Å². The number of hydrogen-bond donors (Lipinski definition) is 1. The van der Waals surface area contributed by atoms with E-state index in [1.807, 2.05) is 50.1 Å². The molecule has 1 aliphatic heterocycles. The molecule has 0 bridgehead atoms. The number of rotatable bonds is 5. The minimum atomic E-state index is -4.64. The zero-order valence-corrected chi connectivity index (χ0v) is 20.3. The Balaban J connectivity index is 2.05. The van der Waals surface area contributed by atoms with Gasteiger partial charge in [0.2, 0.25) is 0 Å². The Bertz CT molecular complexity index is 949. The molecule has 0 aliphatic carbocycles. The van der Waals surface area contributed by atoms with Crippen LogP contribution in [-0.2, 0) is 6.18 Å². The average molecular weight is 536 g/mol. The molecule has 0 aromatic heterocycles. The van der Waals surface area contributed by atoms with Gasteiger partial charge in [0.1, 0.15) is 0 Å². The molecule has 1 atom stereocenters. The second kappa shape index (κ2) is 9.73. The minimum Gasteiger partial charge on any atom is -0.343 e. The number of carbonyl (C=O) groups excluding carboxylic acids is 1. The predicted molar refractivity (Wildman–Crippen MR) is 124 cm³/mol. The number of thioether (sulfide) groups is 1. The van der Waals surface area contributed by atoms with Gasteiger partial charge in [-0.1, -0.05) is 45.7 Å². The maximum absolute atomic E-state index is 13.3. The van der Waals surface area contributed by atoms with E-state index in [0.717, 1.165) is 40.4 Å². The number of benzene rings is 2. The summed E-state index contributed by atoms with van der Waals surface area (Å²) in [4.78, 5) is 15.3. The van der Waals surface area contributed by atoms with Gasteiger partial charge in [0, 0.05) is 10.0 Å². The van der Waals surface area contributed by atoms with Gasteiger partial charge in [-0.15, -0.1) is 0 Å². The molecule has 1 aliphatic rings. The van der Waals surface area contributed by atoms with Gasteiger partial charge in [-0.3, -0.25) is 4.79 Å². The summed E-state index contributed by atoms with van der Waals surface area (Å²) in [7, 11) is 3.95. The molecule has 0 spiro atoms. The number of alkyl halides is 3. The fourth-order valence-electron chi connectivity index (χ4n) is 4.07. The summed E-state index contributed by atoms with van der Waals surface area (Å²) < 4.78 is 40.7. The minimum absolute atomic E-state index is 0.185. The van der Waals surface area contributed by atoms with Crippen LogP contribution in [0.4, 0.5) is 13.2 Å². The highest BCUT2D eigenvalue weighted by Gasteiger charge is 2.44. The van der Waals surface area contributed by atoms with Crippen LogP contribution in [0.1, 0.15) is 40.4 Å². The summed E-state index contributed by atoms with van der Waals surface area (Å²) in [5.41, 5.74) is -0.699. The Morgan fingerprint density at radius 1 is 1.19 bits per heavy atom. The molecule has 1 fully saturated rings. The predicted octanol–water partition coefficient (Wildman–Crippen LogP) is 6.42. The van der Waals surface area contributed by atoms with Gasteiger partial charge in [-0.2, -0.15) is 24.9 Å². The van der Waals surface area contributed by atoms with Crippen molar-refractivity contribution in [3.63, 3.8) is 0 Å². The standard InChI is InChI=1S/C22H23BrClF3N2OS/c1-29(2)21(9-11-31-12-10-21)19(14-5-3-6-15(23)13-14)28-20(30)16-7-4-8-17(18(16)24)22(25,26)27/h3-8,13,19H,9-12H2,1-2H3,(H,28,30). The summed E-state index contributed by atoms with van der Waals surface area (Å²) in [6.45, 7) is 0. The average Bonchev–Trinajstić information content (AvgIpc) is 2.71. The number of amides is 1. The van der Waals surface area contributed by atoms with Crippen molar-refractivity contribution in [2.24, 2.45) is 0 Å². The highest BCUT2D eigenvalue weighted by Crippen LogP contribution is 2.42. The normalized spacial score (nSPS) is 17.4. The molecule has 1 amide bonds. The van der Waals surface area contributed by atoms with Crippen molar-refractivity contribution in [2.75, 3.05) is 25.6 Å². The molecule has 1 heterocycles. The highest BCUT2D eigenvalue weighted by atomic mass is 79.9. The van der Waals surface area contributed by atoms with E-state index in [1.54, 1.807) is 0 Å². The van der Waals surface area contributed by atoms with Gasteiger partial charge >= 0.3 is 6.18 Å². The maximum atomic E-state index is 13.3. The first-order chi connectivity index (χ1) is 14.6. The number of hydrogen-bond acceptors (Lipinski definition) is 3. The third-order valence-corrected chi connectivity index (χ3v) is 7.68. The van der Waals surface area contributed by atoms with Gasteiger partial charge in [-0.25, -0.2) is 0 Å². The molecule has 3 nitrogen and oxygen atoms in total. The topological polar surface area (TPSA) is 32.3 Å². The first-order valence-electron chi connectivity index (χ1n) is 9.73. The van der Waals surface area contributed by atoms with E-state index < -0.39 is 28.7 Å². The van der Waals surface area contributed by atoms with E-state index in [0.29, 0.717) is 0 Å². The molecule has 2 aromatic rings. The third kappa shape index (κ3) is 5.24. The first kappa shape index (κ1) is 24.4. The van der Waals surface area contributed by atoms with Gasteiger partial charge in [0.05, 0.1) is 22.2 Å². The van der Waals surface area contributed by atoms with Crippen LogP contribution in [0, 0.1) is 0 Å². The molecule has 2 aromatic carbocycles. The van der Waals surface area contributed by atoms with Gasteiger partial charge in [0.25, 0.3) is 5.91 Å². The fraction of sp³-hybridized carbons (Fsp3) is 0.409.